The van der Waals surface area contributed by atoms with Gasteiger partial charge in [-0.15, -0.1) is 27.0 Å². The van der Waals surface area contributed by atoms with Crippen molar-refractivity contribution in [2.75, 3.05) is 18.0 Å². The molecule has 6 nitrogen and oxygen atoms in total. The van der Waals surface area contributed by atoms with E-state index in [2.05, 4.69) is 16.8 Å². The summed E-state index contributed by atoms with van der Waals surface area (Å²) in [6, 6.07) is 12.9. The van der Waals surface area contributed by atoms with Crippen molar-refractivity contribution >= 4 is 23.5 Å². The largest absolute Gasteiger partial charge is 0.454 e. The molecule has 1 aliphatic rings. The van der Waals surface area contributed by atoms with Crippen LogP contribution < -0.4 is 15.5 Å². The Balaban J connectivity index is 0.00000243. The van der Waals surface area contributed by atoms with Gasteiger partial charge in [-0.3, -0.25) is 0 Å². The first-order valence-corrected chi connectivity index (χ1v) is 8.65. The predicted molar refractivity (Wildman–Crippen MR) is 96.3 cm³/mol. The van der Waals surface area contributed by atoms with Crippen LogP contribution in [0.4, 0.5) is 5.69 Å². The van der Waals surface area contributed by atoms with Gasteiger partial charge in [0.05, 0.1) is 22.6 Å². The minimum atomic E-state index is -0.276. The maximum atomic E-state index is 11.8. The second-order valence-electron chi connectivity index (χ2n) is 5.60. The van der Waals surface area contributed by atoms with Gasteiger partial charge >= 0.3 is 0 Å². The summed E-state index contributed by atoms with van der Waals surface area (Å²) in [6.45, 7) is 5.31. The summed E-state index contributed by atoms with van der Waals surface area (Å²) in [6.07, 6.45) is 2.19. The summed E-state index contributed by atoms with van der Waals surface area (Å²) >= 11 is 0.892. The molecular weight excluding hydrogens is 429 g/mol. The molecule has 0 aliphatic carbocycles. The molecule has 0 aromatic heterocycles. The van der Waals surface area contributed by atoms with Crippen LogP contribution in [-0.2, 0) is 42.0 Å². The van der Waals surface area contributed by atoms with Crippen molar-refractivity contribution in [1.29, 1.82) is 0 Å². The molecule has 0 spiro atoms. The van der Waals surface area contributed by atoms with E-state index >= 15 is 0 Å². The minimum absolute atomic E-state index is 0. The van der Waals surface area contributed by atoms with E-state index in [1.54, 1.807) is 6.07 Å². The molecule has 8 heteroatoms. The van der Waals surface area contributed by atoms with Gasteiger partial charge in [-0.05, 0) is 25.0 Å². The van der Waals surface area contributed by atoms with Gasteiger partial charge in [-0.25, -0.2) is 0 Å². The van der Waals surface area contributed by atoms with Crippen LogP contribution in [0.3, 0.4) is 0 Å². The van der Waals surface area contributed by atoms with E-state index in [1.165, 1.54) is 0 Å². The van der Waals surface area contributed by atoms with Gasteiger partial charge in [0.15, 0.2) is 5.75 Å². The second-order valence-corrected chi connectivity index (χ2v) is 6.35. The number of carbonyl (C=O) groups is 1. The number of benzene rings is 2. The van der Waals surface area contributed by atoms with E-state index < -0.39 is 0 Å². The Hall–Kier alpha value is -1.09. The number of rotatable bonds is 7. The van der Waals surface area contributed by atoms with Gasteiger partial charge in [-0.1, -0.05) is 18.2 Å². The van der Waals surface area contributed by atoms with Crippen molar-refractivity contribution in [3.05, 3.63) is 55.0 Å². The van der Waals surface area contributed by atoms with Crippen LogP contribution in [0.1, 0.15) is 23.2 Å². The van der Waals surface area contributed by atoms with Crippen LogP contribution in [0.5, 0.6) is 11.5 Å². The molecule has 0 saturated carbocycles. The van der Waals surface area contributed by atoms with Gasteiger partial charge in [-0.2, -0.15) is 12.8 Å². The molecule has 2 aromatic rings. The van der Waals surface area contributed by atoms with E-state index in [4.69, 9.17) is 15.0 Å². The number of ketones is 1. The Morgan fingerprint density at radius 3 is 2.46 bits per heavy atom. The molecule has 3 rings (SSSR count). The van der Waals surface area contributed by atoms with Crippen molar-refractivity contribution in [3.8, 4) is 11.5 Å². The quantitative estimate of drug-likeness (QED) is 0.226. The molecule has 1 radical (unpaired) electrons. The van der Waals surface area contributed by atoms with Crippen LogP contribution in [0.15, 0.2) is 47.4 Å². The van der Waals surface area contributed by atoms with Crippen molar-refractivity contribution in [2.24, 2.45) is 5.90 Å². The van der Waals surface area contributed by atoms with Crippen molar-refractivity contribution in [1.82, 2.24) is 0 Å². The van der Waals surface area contributed by atoms with Crippen LogP contribution in [0.25, 0.3) is 0 Å². The number of nitrogens with zero attached hydrogens (tertiary/aromatic N) is 1. The first-order valence-electron chi connectivity index (χ1n) is 7.91. The SMILES string of the molecule is [CH2-]C(=O)c1cc(SOON)c(Oc2ccccc2)c(N2CCCC2)c1.[Y]. The first kappa shape index (κ1) is 21.2. The number of Topliss-reactive ketones (excluding diaryl/α,β-unsaturated/α-hetero) is 1. The topological polar surface area (TPSA) is 74.0 Å². The Labute approximate surface area is 182 Å². The molecule has 2 N–H and O–H groups in total. The van der Waals surface area contributed by atoms with Crippen molar-refractivity contribution in [2.45, 2.75) is 17.7 Å². The van der Waals surface area contributed by atoms with Gasteiger partial charge < -0.3 is 14.4 Å². The fraction of sp³-hybridized carbons (Fsp3) is 0.222. The smallest absolute Gasteiger partial charge is 0.163 e. The molecule has 1 saturated heterocycles. The van der Waals surface area contributed by atoms with E-state index in [1.807, 2.05) is 36.4 Å². The Bertz CT molecular complexity index is 739. The molecule has 1 heterocycles. The second kappa shape index (κ2) is 10.3. The Morgan fingerprint density at radius 1 is 1.15 bits per heavy atom. The summed E-state index contributed by atoms with van der Waals surface area (Å²) in [4.78, 5) is 18.8. The fourth-order valence-electron chi connectivity index (χ4n) is 2.77. The van der Waals surface area contributed by atoms with E-state index in [9.17, 15) is 4.79 Å². The van der Waals surface area contributed by atoms with Crippen LogP contribution in [-0.4, -0.2) is 18.9 Å². The summed E-state index contributed by atoms with van der Waals surface area (Å²) in [5, 5.41) is 0. The number of hydrogen-bond acceptors (Lipinski definition) is 7. The van der Waals surface area contributed by atoms with Crippen LogP contribution in [0.2, 0.25) is 0 Å². The molecule has 0 unspecified atom stereocenters. The molecule has 0 bridgehead atoms. The zero-order valence-corrected chi connectivity index (χ0v) is 17.9. The first-order chi connectivity index (χ1) is 12.2. The summed E-state index contributed by atoms with van der Waals surface area (Å²) in [7, 11) is 0. The van der Waals surface area contributed by atoms with Crippen LogP contribution >= 0.6 is 12.0 Å². The number of carbonyl (C=O) groups excluding carboxylic acids is 1. The average Bonchev–Trinajstić information content (AvgIpc) is 3.15. The maximum Gasteiger partial charge on any atom is 0.163 e. The zero-order valence-electron chi connectivity index (χ0n) is 14.2. The van der Waals surface area contributed by atoms with Gasteiger partial charge in [0.1, 0.15) is 5.75 Å². The normalized spacial score (nSPS) is 13.3. The van der Waals surface area contributed by atoms with E-state index in [-0.39, 0.29) is 38.5 Å². The van der Waals surface area contributed by atoms with Crippen LogP contribution in [0, 0.1) is 6.92 Å². The average molecular weight is 448 g/mol. The third-order valence-corrected chi connectivity index (χ3v) is 4.56. The third kappa shape index (κ3) is 5.22. The standard InChI is InChI=1S/C18H19N2O4S.Y/c1-13(21)14-11-16(20-9-5-6-10-20)18(17(12-14)25-24-23-19)22-15-7-3-2-4-8-15;/h2-4,7-8,11-12H,1,5-6,9-10,19H2;/q-1;. The van der Waals surface area contributed by atoms with E-state index in [0.717, 1.165) is 43.7 Å². The third-order valence-electron chi connectivity index (χ3n) is 3.93. The predicted octanol–water partition coefficient (Wildman–Crippen LogP) is 3.92. The number of para-hydroxylation sites is 1. The Kier molecular flexibility index (Phi) is 8.41. The summed E-state index contributed by atoms with van der Waals surface area (Å²) in [5.74, 6) is 5.97. The number of anilines is 1. The number of ether oxygens (including phenoxy) is 1. The Morgan fingerprint density at radius 2 is 1.85 bits per heavy atom. The molecular formula is C18H19N2O4SY-. The molecule has 0 atom stereocenters. The van der Waals surface area contributed by atoms with E-state index in [0.29, 0.717) is 22.0 Å². The summed E-state index contributed by atoms with van der Waals surface area (Å²) in [5.41, 5.74) is 1.31. The minimum Gasteiger partial charge on any atom is -0.454 e. The molecule has 26 heavy (non-hydrogen) atoms. The fourth-order valence-corrected chi connectivity index (χ4v) is 3.28. The number of hydrogen-bond donors (Lipinski definition) is 1. The zero-order chi connectivity index (χ0) is 17.6. The van der Waals surface area contributed by atoms with Gasteiger partial charge in [0, 0.05) is 51.6 Å². The monoisotopic (exact) mass is 448 g/mol. The maximum absolute atomic E-state index is 11.8. The van der Waals surface area contributed by atoms with Gasteiger partial charge in [0.25, 0.3) is 0 Å². The molecule has 0 amide bonds. The number of nitrogens with two attached hydrogens (primary N) is 1. The molecule has 2 aromatic carbocycles. The summed E-state index contributed by atoms with van der Waals surface area (Å²) < 4.78 is 10.9. The van der Waals surface area contributed by atoms with Crippen molar-refractivity contribution in [3.63, 3.8) is 0 Å². The van der Waals surface area contributed by atoms with Gasteiger partial charge in [0.2, 0.25) is 0 Å². The van der Waals surface area contributed by atoms with Crippen molar-refractivity contribution < 1.29 is 51.6 Å². The molecule has 1 fully saturated rings. The molecule has 1 aliphatic heterocycles. The molecule has 135 valence electrons.